The molecule has 0 aliphatic heterocycles. The van der Waals surface area contributed by atoms with Crippen LogP contribution in [0.5, 0.6) is 0 Å². The summed E-state index contributed by atoms with van der Waals surface area (Å²) in [5.41, 5.74) is 0.734. The second-order valence-electron chi connectivity index (χ2n) is 8.94. The summed E-state index contributed by atoms with van der Waals surface area (Å²) in [5, 5.41) is 3.38. The van der Waals surface area contributed by atoms with E-state index in [-0.39, 0.29) is 30.5 Å². The zero-order valence-electron chi connectivity index (χ0n) is 17.8. The number of methoxy groups -OCH3 is 1. The number of thiocarbonyl (C=S) groups is 1. The highest BCUT2D eigenvalue weighted by atomic mass is 32.2. The summed E-state index contributed by atoms with van der Waals surface area (Å²) in [5.74, 6) is 0.936. The Kier molecular flexibility index (Phi) is 6.74. The lowest BCUT2D eigenvalue weighted by Crippen LogP contribution is -2.65. The van der Waals surface area contributed by atoms with Gasteiger partial charge in [-0.25, -0.2) is 0 Å². The van der Waals surface area contributed by atoms with Crippen LogP contribution in [0.2, 0.25) is 0 Å². The van der Waals surface area contributed by atoms with Gasteiger partial charge in [-0.05, 0) is 61.2 Å². The zero-order chi connectivity index (χ0) is 22.1. The third kappa shape index (κ3) is 4.27. The second kappa shape index (κ2) is 9.34. The molecular weight excluding hydrogens is 434 g/mol. The molecule has 0 saturated heterocycles. The zero-order valence-corrected chi connectivity index (χ0v) is 19.4. The average molecular weight is 464 g/mol. The van der Waals surface area contributed by atoms with Gasteiger partial charge in [-0.15, -0.1) is 0 Å². The Hall–Kier alpha value is -1.84. The summed E-state index contributed by atoms with van der Waals surface area (Å²) < 4.78 is 31.9. The van der Waals surface area contributed by atoms with E-state index in [0.717, 1.165) is 24.8 Å². The van der Waals surface area contributed by atoms with Crippen LogP contribution < -0.4 is 5.32 Å². The second-order valence-corrected chi connectivity index (χ2v) is 10.0. The minimum Gasteiger partial charge on any atom is -0.381 e. The number of rotatable bonds is 6. The standard InChI is InChI=1S/C22H29N3O4S2/c1-23-22(30)25(19-15-8-13-9-16(11-15)20(29-2)17(19)10-13)21(26)18(12-24-31(27)28)14-6-4-3-5-7-14/h3-7,13,15-20H,8-12H2,1-2H3,(H,23,30). The molecule has 4 saturated carbocycles. The van der Waals surface area contributed by atoms with E-state index in [1.807, 2.05) is 30.3 Å². The lowest BCUT2D eigenvalue weighted by molar-refractivity contribution is -0.158. The molecule has 1 amide bonds. The van der Waals surface area contributed by atoms with Crippen LogP contribution in [0, 0.1) is 23.7 Å². The normalized spacial score (nSPS) is 31.7. The fraction of sp³-hybridized carbons (Fsp3) is 0.636. The minimum atomic E-state index is -2.58. The van der Waals surface area contributed by atoms with Crippen LogP contribution in [0.15, 0.2) is 34.7 Å². The van der Waals surface area contributed by atoms with Gasteiger partial charge in [0.25, 0.3) is 0 Å². The smallest absolute Gasteiger partial charge is 0.311 e. The number of benzene rings is 1. The first-order valence-corrected chi connectivity index (χ1v) is 12.3. The number of nitrogens with zero attached hydrogens (tertiary/aromatic N) is 2. The molecule has 5 rings (SSSR count). The first-order valence-electron chi connectivity index (χ1n) is 10.8. The van der Waals surface area contributed by atoms with Crippen LogP contribution in [0.4, 0.5) is 0 Å². The molecule has 4 aliphatic rings. The number of ether oxygens (including phenoxy) is 1. The number of carbonyl (C=O) groups is 1. The fourth-order valence-electron chi connectivity index (χ4n) is 6.41. The van der Waals surface area contributed by atoms with Crippen molar-refractivity contribution in [3.8, 4) is 0 Å². The SMILES string of the molecule is CNC(=S)N(C(=O)C(CN=S(=O)=O)c1ccccc1)C1C2CC3CC(C2)C(OC)C1C3. The Labute approximate surface area is 190 Å². The van der Waals surface area contributed by atoms with Gasteiger partial charge in [0, 0.05) is 26.1 Å². The van der Waals surface area contributed by atoms with Gasteiger partial charge in [0.15, 0.2) is 5.11 Å². The number of carbonyl (C=O) groups excluding carboxylic acids is 1. The monoisotopic (exact) mass is 463 g/mol. The Balaban J connectivity index is 1.72. The van der Waals surface area contributed by atoms with Crippen LogP contribution in [-0.4, -0.2) is 57.2 Å². The van der Waals surface area contributed by atoms with Crippen molar-refractivity contribution in [1.29, 1.82) is 0 Å². The van der Waals surface area contributed by atoms with E-state index in [1.165, 1.54) is 6.42 Å². The van der Waals surface area contributed by atoms with Crippen LogP contribution in [0.3, 0.4) is 0 Å². The van der Waals surface area contributed by atoms with Crippen LogP contribution in [0.25, 0.3) is 0 Å². The van der Waals surface area contributed by atoms with E-state index in [0.29, 0.717) is 22.9 Å². The predicted molar refractivity (Wildman–Crippen MR) is 121 cm³/mol. The van der Waals surface area contributed by atoms with E-state index in [1.54, 1.807) is 19.1 Å². The molecule has 0 aromatic heterocycles. The van der Waals surface area contributed by atoms with Gasteiger partial charge < -0.3 is 10.1 Å². The van der Waals surface area contributed by atoms with Crippen molar-refractivity contribution in [2.45, 2.75) is 43.7 Å². The molecule has 31 heavy (non-hydrogen) atoms. The van der Waals surface area contributed by atoms with Gasteiger partial charge in [0.1, 0.15) is 0 Å². The molecule has 4 fully saturated rings. The van der Waals surface area contributed by atoms with E-state index < -0.39 is 16.4 Å². The average Bonchev–Trinajstić information content (AvgIpc) is 2.76. The highest BCUT2D eigenvalue weighted by Gasteiger charge is 2.57. The summed E-state index contributed by atoms with van der Waals surface area (Å²) >= 11 is 5.63. The molecule has 168 valence electrons. The third-order valence-corrected chi connectivity index (χ3v) is 8.16. The van der Waals surface area contributed by atoms with Crippen molar-refractivity contribution in [3.05, 3.63) is 35.9 Å². The predicted octanol–water partition coefficient (Wildman–Crippen LogP) is 2.62. The van der Waals surface area contributed by atoms with E-state index in [4.69, 9.17) is 17.0 Å². The topological polar surface area (TPSA) is 88.1 Å². The molecule has 1 N–H and O–H groups in total. The highest BCUT2D eigenvalue weighted by Crippen LogP contribution is 2.56. The number of hydrogen-bond acceptors (Lipinski definition) is 6. The molecular formula is C22H29N3O4S2. The summed E-state index contributed by atoms with van der Waals surface area (Å²) in [4.78, 5) is 15.7. The number of amides is 1. The lowest BCUT2D eigenvalue weighted by Gasteiger charge is -2.60. The van der Waals surface area contributed by atoms with Gasteiger partial charge in [0.05, 0.1) is 18.6 Å². The molecule has 0 heterocycles. The highest BCUT2D eigenvalue weighted by molar-refractivity contribution is 7.80. The molecule has 7 nitrogen and oxygen atoms in total. The maximum absolute atomic E-state index is 14.0. The maximum atomic E-state index is 14.0. The molecule has 4 aliphatic carbocycles. The van der Waals surface area contributed by atoms with Gasteiger partial charge in [-0.2, -0.15) is 12.8 Å². The van der Waals surface area contributed by atoms with Crippen molar-refractivity contribution in [3.63, 3.8) is 0 Å². The number of hydrogen-bond donors (Lipinski definition) is 1. The van der Waals surface area contributed by atoms with Gasteiger partial charge >= 0.3 is 10.5 Å². The van der Waals surface area contributed by atoms with Crippen LogP contribution in [-0.2, 0) is 20.0 Å². The molecule has 7 unspecified atom stereocenters. The van der Waals surface area contributed by atoms with Crippen molar-refractivity contribution in [1.82, 2.24) is 10.2 Å². The van der Waals surface area contributed by atoms with Gasteiger partial charge in [-0.3, -0.25) is 9.69 Å². The van der Waals surface area contributed by atoms with Gasteiger partial charge in [0.2, 0.25) is 5.91 Å². The summed E-state index contributed by atoms with van der Waals surface area (Å²) in [7, 11) is 0.907. The summed E-state index contributed by atoms with van der Waals surface area (Å²) in [6, 6.07) is 9.17. The molecule has 7 atom stereocenters. The Bertz CT molecular complexity index is 960. The molecule has 9 heteroatoms. The quantitative estimate of drug-likeness (QED) is 0.653. The van der Waals surface area contributed by atoms with E-state index in [2.05, 4.69) is 9.68 Å². The van der Waals surface area contributed by atoms with E-state index in [9.17, 15) is 13.2 Å². The molecule has 1 aromatic carbocycles. The minimum absolute atomic E-state index is 0.0471. The van der Waals surface area contributed by atoms with E-state index >= 15 is 0 Å². The Morgan fingerprint density at radius 1 is 1.23 bits per heavy atom. The summed E-state index contributed by atoms with van der Waals surface area (Å²) in [6.07, 6.45) is 4.52. The van der Waals surface area contributed by atoms with Crippen LogP contribution >= 0.6 is 12.2 Å². The molecule has 0 radical (unpaired) electrons. The lowest BCUT2D eigenvalue weighted by atomic mass is 9.52. The molecule has 4 bridgehead atoms. The molecule has 0 spiro atoms. The van der Waals surface area contributed by atoms with Crippen molar-refractivity contribution >= 4 is 33.7 Å². The number of nitrogens with one attached hydrogen (secondary N) is 1. The van der Waals surface area contributed by atoms with Crippen molar-refractivity contribution in [2.75, 3.05) is 20.7 Å². The third-order valence-electron chi connectivity index (χ3n) is 7.39. The Morgan fingerprint density at radius 3 is 2.58 bits per heavy atom. The van der Waals surface area contributed by atoms with Gasteiger partial charge in [-0.1, -0.05) is 30.3 Å². The molecule has 1 aromatic rings. The summed E-state index contributed by atoms with van der Waals surface area (Å²) in [6.45, 7) is -0.136. The van der Waals surface area contributed by atoms with Crippen molar-refractivity contribution < 1.29 is 17.9 Å². The van der Waals surface area contributed by atoms with Crippen molar-refractivity contribution in [2.24, 2.45) is 28.0 Å². The maximum Gasteiger partial charge on any atom is 0.311 e. The van der Waals surface area contributed by atoms with Crippen LogP contribution in [0.1, 0.15) is 37.2 Å². The fourth-order valence-corrected chi connectivity index (χ4v) is 6.89. The Morgan fingerprint density at radius 2 is 1.94 bits per heavy atom. The first kappa shape index (κ1) is 22.4. The largest absolute Gasteiger partial charge is 0.381 e. The first-order chi connectivity index (χ1) is 14.9.